The first-order chi connectivity index (χ1) is 17.6. The highest BCUT2D eigenvalue weighted by molar-refractivity contribution is 6.08. The number of allylic oxidation sites excluding steroid dienone is 1. The molecule has 0 amide bonds. The summed E-state index contributed by atoms with van der Waals surface area (Å²) in [5.74, 6) is 0.898. The Labute approximate surface area is 207 Å². The highest BCUT2D eigenvalue weighted by Crippen LogP contribution is 2.31. The largest absolute Gasteiger partial charge is 0.404 e. The van der Waals surface area contributed by atoms with Gasteiger partial charge in [0, 0.05) is 53.2 Å². The summed E-state index contributed by atoms with van der Waals surface area (Å²) in [5, 5.41) is 14.2. The smallest absolute Gasteiger partial charge is 0.161 e. The van der Waals surface area contributed by atoms with Crippen LogP contribution in [0.25, 0.3) is 17.0 Å². The summed E-state index contributed by atoms with van der Waals surface area (Å²) >= 11 is 0. The molecule has 0 fully saturated rings. The molecule has 0 bridgehead atoms. The molecular weight excluding hydrogens is 457 g/mol. The zero-order chi connectivity index (χ0) is 24.9. The van der Waals surface area contributed by atoms with E-state index in [1.165, 1.54) is 24.7 Å². The molecule has 0 saturated carbocycles. The van der Waals surface area contributed by atoms with E-state index in [1.54, 1.807) is 6.20 Å². The van der Waals surface area contributed by atoms with E-state index in [1.807, 2.05) is 48.5 Å². The van der Waals surface area contributed by atoms with Crippen molar-refractivity contribution in [3.63, 3.8) is 0 Å². The van der Waals surface area contributed by atoms with E-state index < -0.39 is 0 Å². The van der Waals surface area contributed by atoms with E-state index >= 15 is 0 Å². The molecular formula is C27H24FN7O. The predicted molar refractivity (Wildman–Crippen MR) is 138 cm³/mol. The van der Waals surface area contributed by atoms with Crippen molar-refractivity contribution in [3.8, 4) is 11.4 Å². The Bertz CT molecular complexity index is 1440. The zero-order valence-corrected chi connectivity index (χ0v) is 19.3. The van der Waals surface area contributed by atoms with E-state index in [9.17, 15) is 4.39 Å². The SMILES string of the molecule is N=C/C(=C\N)c1ccc(Nc2nc(-c3cccc(NCc4cncc(F)c4)c3)nc3c2COC3)cc1. The number of fused-ring (bicyclic) bond motifs is 1. The minimum Gasteiger partial charge on any atom is -0.404 e. The molecule has 3 heterocycles. The molecule has 4 aromatic rings. The number of nitrogens with one attached hydrogen (secondary N) is 3. The summed E-state index contributed by atoms with van der Waals surface area (Å²) in [6.07, 6.45) is 5.45. The molecule has 1 aliphatic heterocycles. The molecule has 0 radical (unpaired) electrons. The average Bonchev–Trinajstić information content (AvgIpc) is 3.39. The summed E-state index contributed by atoms with van der Waals surface area (Å²) in [5.41, 5.74) is 12.2. The first-order valence-electron chi connectivity index (χ1n) is 11.3. The van der Waals surface area contributed by atoms with Gasteiger partial charge in [-0.3, -0.25) is 4.98 Å². The Balaban J connectivity index is 1.39. The second-order valence-corrected chi connectivity index (χ2v) is 8.23. The Hall–Kier alpha value is -4.63. The van der Waals surface area contributed by atoms with E-state index in [0.717, 1.165) is 39.3 Å². The molecule has 9 heteroatoms. The van der Waals surface area contributed by atoms with Crippen LogP contribution in [0.4, 0.5) is 21.6 Å². The fourth-order valence-corrected chi connectivity index (χ4v) is 3.92. The van der Waals surface area contributed by atoms with Crippen molar-refractivity contribution in [2.75, 3.05) is 10.6 Å². The van der Waals surface area contributed by atoms with Gasteiger partial charge in [0.2, 0.25) is 0 Å². The van der Waals surface area contributed by atoms with Gasteiger partial charge in [-0.2, -0.15) is 0 Å². The summed E-state index contributed by atoms with van der Waals surface area (Å²) in [6, 6.07) is 16.8. The van der Waals surface area contributed by atoms with Gasteiger partial charge in [-0.05, 0) is 41.5 Å². The zero-order valence-electron chi connectivity index (χ0n) is 19.3. The van der Waals surface area contributed by atoms with Crippen LogP contribution in [0.2, 0.25) is 0 Å². The number of hydrogen-bond donors (Lipinski definition) is 4. The third kappa shape index (κ3) is 5.06. The van der Waals surface area contributed by atoms with E-state index in [4.69, 9.17) is 25.8 Å². The minimum absolute atomic E-state index is 0.363. The van der Waals surface area contributed by atoms with Crippen LogP contribution in [0.1, 0.15) is 22.4 Å². The van der Waals surface area contributed by atoms with Gasteiger partial charge < -0.3 is 26.5 Å². The molecule has 0 unspecified atom stereocenters. The minimum atomic E-state index is -0.363. The Morgan fingerprint density at radius 3 is 2.69 bits per heavy atom. The lowest BCUT2D eigenvalue weighted by molar-refractivity contribution is 0.133. The van der Waals surface area contributed by atoms with Gasteiger partial charge in [-0.25, -0.2) is 14.4 Å². The second kappa shape index (κ2) is 10.3. The van der Waals surface area contributed by atoms with Crippen LogP contribution < -0.4 is 16.4 Å². The lowest BCUT2D eigenvalue weighted by Crippen LogP contribution is -2.04. The fraction of sp³-hybridized carbons (Fsp3) is 0.111. The van der Waals surface area contributed by atoms with Crippen molar-refractivity contribution in [3.05, 3.63) is 101 Å². The van der Waals surface area contributed by atoms with Crippen molar-refractivity contribution in [2.45, 2.75) is 19.8 Å². The molecule has 5 rings (SSSR count). The van der Waals surface area contributed by atoms with Gasteiger partial charge in [0.25, 0.3) is 0 Å². The van der Waals surface area contributed by atoms with Gasteiger partial charge in [0.15, 0.2) is 5.82 Å². The first kappa shape index (κ1) is 23.1. The molecule has 36 heavy (non-hydrogen) atoms. The summed E-state index contributed by atoms with van der Waals surface area (Å²) in [7, 11) is 0. The number of pyridine rings is 1. The van der Waals surface area contributed by atoms with Crippen molar-refractivity contribution < 1.29 is 9.13 Å². The average molecular weight is 482 g/mol. The van der Waals surface area contributed by atoms with Crippen LogP contribution in [-0.4, -0.2) is 21.2 Å². The topological polar surface area (TPSA) is 122 Å². The predicted octanol–water partition coefficient (Wildman–Crippen LogP) is 5.01. The molecule has 1 aliphatic rings. The van der Waals surface area contributed by atoms with Gasteiger partial charge in [-0.15, -0.1) is 0 Å². The molecule has 2 aromatic carbocycles. The monoisotopic (exact) mass is 481 g/mol. The number of aromatic nitrogens is 3. The maximum absolute atomic E-state index is 13.4. The molecule has 0 spiro atoms. The number of nitrogens with zero attached hydrogens (tertiary/aromatic N) is 3. The molecule has 0 saturated heterocycles. The number of ether oxygens (including phenoxy) is 1. The molecule has 180 valence electrons. The quantitative estimate of drug-likeness (QED) is 0.261. The molecule has 5 N–H and O–H groups in total. The standard InChI is InChI=1S/C27H24FN7O/c28-21-8-17(12-31-14-21)13-32-23-3-1-2-19(9-23)26-34-25-16-36-15-24(25)27(35-26)33-22-6-4-18(5-7-22)20(10-29)11-30/h1-12,14,29,32H,13,15-16,30H2,(H,33,34,35)/b20-11+,29-10?. The number of nitrogens with two attached hydrogens (primary N) is 1. The van der Waals surface area contributed by atoms with E-state index in [0.29, 0.717) is 37.0 Å². The van der Waals surface area contributed by atoms with Crippen LogP contribution in [0.15, 0.2) is 73.2 Å². The number of halogens is 1. The number of benzene rings is 2. The Morgan fingerprint density at radius 1 is 1.06 bits per heavy atom. The summed E-state index contributed by atoms with van der Waals surface area (Å²) in [4.78, 5) is 13.4. The molecule has 0 aliphatic carbocycles. The van der Waals surface area contributed by atoms with Crippen molar-refractivity contribution >= 4 is 29.0 Å². The molecule has 0 atom stereocenters. The van der Waals surface area contributed by atoms with Crippen molar-refractivity contribution in [1.82, 2.24) is 15.0 Å². The maximum atomic E-state index is 13.4. The van der Waals surface area contributed by atoms with Gasteiger partial charge in [-0.1, -0.05) is 24.3 Å². The van der Waals surface area contributed by atoms with Crippen LogP contribution in [0.5, 0.6) is 0 Å². The number of anilines is 3. The highest BCUT2D eigenvalue weighted by atomic mass is 19.1. The van der Waals surface area contributed by atoms with E-state index in [2.05, 4.69) is 15.6 Å². The number of hydrogen-bond acceptors (Lipinski definition) is 8. The maximum Gasteiger partial charge on any atom is 0.161 e. The molecule has 8 nitrogen and oxygen atoms in total. The second-order valence-electron chi connectivity index (χ2n) is 8.23. The van der Waals surface area contributed by atoms with Gasteiger partial charge >= 0.3 is 0 Å². The first-order valence-corrected chi connectivity index (χ1v) is 11.3. The Kier molecular flexibility index (Phi) is 6.63. The van der Waals surface area contributed by atoms with Crippen molar-refractivity contribution in [2.24, 2.45) is 5.73 Å². The van der Waals surface area contributed by atoms with Crippen molar-refractivity contribution in [1.29, 1.82) is 5.41 Å². The van der Waals surface area contributed by atoms with E-state index in [-0.39, 0.29) is 5.82 Å². The van der Waals surface area contributed by atoms with Gasteiger partial charge in [0.05, 0.1) is 25.1 Å². The molecule has 2 aromatic heterocycles. The highest BCUT2D eigenvalue weighted by Gasteiger charge is 2.21. The Morgan fingerprint density at radius 2 is 1.92 bits per heavy atom. The third-order valence-corrected chi connectivity index (χ3v) is 5.77. The van der Waals surface area contributed by atoms with Crippen LogP contribution >= 0.6 is 0 Å². The lowest BCUT2D eigenvalue weighted by Gasteiger charge is -2.13. The summed E-state index contributed by atoms with van der Waals surface area (Å²) < 4.78 is 19.1. The fourth-order valence-electron chi connectivity index (χ4n) is 3.92. The van der Waals surface area contributed by atoms with Gasteiger partial charge in [0.1, 0.15) is 11.6 Å². The van der Waals surface area contributed by atoms with Crippen LogP contribution in [0.3, 0.4) is 0 Å². The summed E-state index contributed by atoms with van der Waals surface area (Å²) in [6.45, 7) is 1.30. The van der Waals surface area contributed by atoms with Crippen LogP contribution in [0, 0.1) is 11.2 Å². The third-order valence-electron chi connectivity index (χ3n) is 5.77. The lowest BCUT2D eigenvalue weighted by atomic mass is 10.1. The van der Waals surface area contributed by atoms with Crippen LogP contribution in [-0.2, 0) is 24.5 Å². The normalized spacial score (nSPS) is 12.8. The number of rotatable bonds is 8.